The zero-order valence-corrected chi connectivity index (χ0v) is 13.2. The minimum Gasteiger partial charge on any atom is -0.326 e. The molecule has 2 N–H and O–H groups in total. The first-order valence-electron chi connectivity index (χ1n) is 7.54. The van der Waals surface area contributed by atoms with Crippen LogP contribution in [0.5, 0.6) is 0 Å². The summed E-state index contributed by atoms with van der Waals surface area (Å²) in [6, 6.07) is 8.73. The molecule has 0 spiro atoms. The zero-order valence-electron chi connectivity index (χ0n) is 13.2. The van der Waals surface area contributed by atoms with Gasteiger partial charge in [-0.05, 0) is 50.9 Å². The molecule has 2 heteroatoms. The summed E-state index contributed by atoms with van der Waals surface area (Å²) in [5.74, 6) is 0. The molecule has 0 heterocycles. The molecule has 0 bridgehead atoms. The Balaban J connectivity index is 2.90. The molecule has 2 atom stereocenters. The van der Waals surface area contributed by atoms with Gasteiger partial charge in [-0.3, -0.25) is 4.90 Å². The van der Waals surface area contributed by atoms with E-state index in [9.17, 15) is 0 Å². The third kappa shape index (κ3) is 3.58. The van der Waals surface area contributed by atoms with Gasteiger partial charge in [0, 0.05) is 11.6 Å². The van der Waals surface area contributed by atoms with Crippen LogP contribution in [0.25, 0.3) is 0 Å². The first-order chi connectivity index (χ1) is 8.99. The van der Waals surface area contributed by atoms with Crippen LogP contribution in [0.4, 0.5) is 0 Å². The number of benzene rings is 1. The van der Waals surface area contributed by atoms with Gasteiger partial charge in [-0.1, -0.05) is 45.0 Å². The average Bonchev–Trinajstić information content (AvgIpc) is 2.42. The van der Waals surface area contributed by atoms with Crippen molar-refractivity contribution in [2.75, 3.05) is 13.1 Å². The molecule has 0 aliphatic carbocycles. The molecule has 2 unspecified atom stereocenters. The molecule has 0 saturated heterocycles. The van der Waals surface area contributed by atoms with E-state index in [-0.39, 0.29) is 11.6 Å². The third-order valence-corrected chi connectivity index (χ3v) is 4.70. The van der Waals surface area contributed by atoms with Gasteiger partial charge < -0.3 is 5.73 Å². The fourth-order valence-electron chi connectivity index (χ4n) is 2.96. The highest BCUT2D eigenvalue weighted by Crippen LogP contribution is 2.25. The number of likely N-dealkylation sites (N-methyl/N-ethyl adjacent to an activating group) is 1. The summed E-state index contributed by atoms with van der Waals surface area (Å²) in [4.78, 5) is 2.50. The number of nitrogens with two attached hydrogens (primary N) is 1. The fourth-order valence-corrected chi connectivity index (χ4v) is 2.96. The first-order valence-corrected chi connectivity index (χ1v) is 7.54. The summed E-state index contributed by atoms with van der Waals surface area (Å²) in [7, 11) is 0. The topological polar surface area (TPSA) is 29.3 Å². The van der Waals surface area contributed by atoms with Crippen molar-refractivity contribution in [1.82, 2.24) is 4.90 Å². The lowest BCUT2D eigenvalue weighted by Gasteiger charge is -2.44. The van der Waals surface area contributed by atoms with Crippen LogP contribution in [0.3, 0.4) is 0 Å². The van der Waals surface area contributed by atoms with E-state index in [0.717, 1.165) is 25.9 Å². The summed E-state index contributed by atoms with van der Waals surface area (Å²) < 4.78 is 0. The molecule has 19 heavy (non-hydrogen) atoms. The summed E-state index contributed by atoms with van der Waals surface area (Å²) >= 11 is 0. The van der Waals surface area contributed by atoms with Crippen molar-refractivity contribution in [3.63, 3.8) is 0 Å². The molecule has 2 nitrogen and oxygen atoms in total. The zero-order chi connectivity index (χ0) is 14.5. The minimum absolute atomic E-state index is 0.0752. The van der Waals surface area contributed by atoms with Gasteiger partial charge in [0.25, 0.3) is 0 Å². The number of nitrogens with zero attached hydrogens (tertiary/aromatic N) is 1. The van der Waals surface area contributed by atoms with Crippen molar-refractivity contribution in [3.05, 3.63) is 35.4 Å². The smallest absolute Gasteiger partial charge is 0.0332 e. The molecule has 1 rings (SSSR count). The largest absolute Gasteiger partial charge is 0.326 e. The average molecular weight is 262 g/mol. The molecule has 0 fully saturated rings. The van der Waals surface area contributed by atoms with Crippen molar-refractivity contribution in [1.29, 1.82) is 0 Å². The molecule has 1 aromatic rings. The second kappa shape index (κ2) is 7.06. The summed E-state index contributed by atoms with van der Waals surface area (Å²) in [5, 5.41) is 0. The maximum absolute atomic E-state index is 6.57. The van der Waals surface area contributed by atoms with E-state index in [1.807, 2.05) is 0 Å². The number of aryl methyl sites for hydroxylation is 1. The van der Waals surface area contributed by atoms with E-state index < -0.39 is 0 Å². The predicted octanol–water partition coefficient (Wildman–Crippen LogP) is 3.38. The lowest BCUT2D eigenvalue weighted by atomic mass is 9.83. The van der Waals surface area contributed by atoms with Crippen LogP contribution < -0.4 is 5.73 Å². The summed E-state index contributed by atoms with van der Waals surface area (Å²) in [6.07, 6.45) is 2.04. The van der Waals surface area contributed by atoms with E-state index >= 15 is 0 Å². The summed E-state index contributed by atoms with van der Waals surface area (Å²) in [5.41, 5.74) is 9.37. The van der Waals surface area contributed by atoms with Crippen LogP contribution in [0.15, 0.2) is 24.3 Å². The maximum Gasteiger partial charge on any atom is 0.0332 e. The molecule has 0 aliphatic heterocycles. The van der Waals surface area contributed by atoms with Crippen molar-refractivity contribution < 1.29 is 0 Å². The van der Waals surface area contributed by atoms with E-state index in [1.54, 1.807) is 0 Å². The van der Waals surface area contributed by atoms with Gasteiger partial charge in [0.1, 0.15) is 0 Å². The van der Waals surface area contributed by atoms with Crippen LogP contribution in [0.1, 0.15) is 45.2 Å². The van der Waals surface area contributed by atoms with Crippen LogP contribution in [-0.2, 0) is 6.42 Å². The SMILES string of the molecule is CCN(CC)C(C)(CC)C(N)Cc1ccccc1C. The predicted molar refractivity (Wildman–Crippen MR) is 84.5 cm³/mol. The van der Waals surface area contributed by atoms with Gasteiger partial charge in [-0.25, -0.2) is 0 Å². The Morgan fingerprint density at radius 2 is 1.74 bits per heavy atom. The van der Waals surface area contributed by atoms with E-state index in [0.29, 0.717) is 0 Å². The lowest BCUT2D eigenvalue weighted by molar-refractivity contribution is 0.0844. The van der Waals surface area contributed by atoms with Gasteiger partial charge in [0.15, 0.2) is 0 Å². The maximum atomic E-state index is 6.57. The monoisotopic (exact) mass is 262 g/mol. The number of rotatable bonds is 7. The third-order valence-electron chi connectivity index (χ3n) is 4.70. The van der Waals surface area contributed by atoms with Gasteiger partial charge in [-0.15, -0.1) is 0 Å². The Bertz CT molecular complexity index is 385. The van der Waals surface area contributed by atoms with Gasteiger partial charge in [-0.2, -0.15) is 0 Å². The number of hydrogen-bond donors (Lipinski definition) is 1. The molecule has 0 saturated carbocycles. The molecular weight excluding hydrogens is 232 g/mol. The second-order valence-electron chi connectivity index (χ2n) is 5.62. The number of hydrogen-bond acceptors (Lipinski definition) is 2. The lowest BCUT2D eigenvalue weighted by Crippen LogP contribution is -2.58. The molecule has 0 amide bonds. The van der Waals surface area contributed by atoms with Crippen molar-refractivity contribution in [2.45, 2.75) is 59.0 Å². The van der Waals surface area contributed by atoms with Crippen LogP contribution in [-0.4, -0.2) is 29.6 Å². The molecular formula is C17H30N2. The molecule has 0 radical (unpaired) electrons. The van der Waals surface area contributed by atoms with Crippen LogP contribution in [0, 0.1) is 6.92 Å². The fraction of sp³-hybridized carbons (Fsp3) is 0.647. The standard InChI is InChI=1S/C17H30N2/c1-6-17(5,19(7-2)8-3)16(18)13-15-12-10-9-11-14(15)4/h9-12,16H,6-8,13,18H2,1-5H3. The molecule has 108 valence electrons. The normalized spacial score (nSPS) is 16.4. The van der Waals surface area contributed by atoms with Crippen molar-refractivity contribution >= 4 is 0 Å². The Hall–Kier alpha value is -0.860. The summed E-state index contributed by atoms with van der Waals surface area (Å²) in [6.45, 7) is 13.3. The van der Waals surface area contributed by atoms with E-state index in [1.165, 1.54) is 11.1 Å². The second-order valence-corrected chi connectivity index (χ2v) is 5.62. The highest BCUT2D eigenvalue weighted by Gasteiger charge is 2.34. The quantitative estimate of drug-likeness (QED) is 0.816. The molecule has 0 aliphatic rings. The van der Waals surface area contributed by atoms with Crippen molar-refractivity contribution in [3.8, 4) is 0 Å². The highest BCUT2D eigenvalue weighted by atomic mass is 15.2. The van der Waals surface area contributed by atoms with E-state index in [4.69, 9.17) is 5.73 Å². The molecule has 1 aromatic carbocycles. The van der Waals surface area contributed by atoms with Crippen LogP contribution >= 0.6 is 0 Å². The Kier molecular flexibility index (Phi) is 6.02. The minimum atomic E-state index is 0.0752. The Morgan fingerprint density at radius 3 is 2.21 bits per heavy atom. The van der Waals surface area contributed by atoms with Crippen LogP contribution in [0.2, 0.25) is 0 Å². The van der Waals surface area contributed by atoms with Crippen molar-refractivity contribution in [2.24, 2.45) is 5.73 Å². The Morgan fingerprint density at radius 1 is 1.16 bits per heavy atom. The molecule has 0 aromatic heterocycles. The first kappa shape index (κ1) is 16.2. The van der Waals surface area contributed by atoms with E-state index in [2.05, 4.69) is 63.8 Å². The Labute approximate surface area is 119 Å². The van der Waals surface area contributed by atoms with Gasteiger partial charge in [0.05, 0.1) is 0 Å². The highest BCUT2D eigenvalue weighted by molar-refractivity contribution is 5.27. The van der Waals surface area contributed by atoms with Gasteiger partial charge >= 0.3 is 0 Å². The van der Waals surface area contributed by atoms with Gasteiger partial charge in [0.2, 0.25) is 0 Å².